The Morgan fingerprint density at radius 2 is 1.76 bits per heavy atom. The highest BCUT2D eigenvalue weighted by molar-refractivity contribution is 5.26. The molecule has 3 nitrogen and oxygen atoms in total. The van der Waals surface area contributed by atoms with Crippen molar-refractivity contribution in [3.8, 4) is 5.75 Å². The van der Waals surface area contributed by atoms with Gasteiger partial charge in [0.15, 0.2) is 0 Å². The first kappa shape index (κ1) is 14.0. The molecule has 96 valence electrons. The van der Waals surface area contributed by atoms with Crippen LogP contribution in [0.15, 0.2) is 24.3 Å². The average Bonchev–Trinajstić information content (AvgIpc) is 2.29. The summed E-state index contributed by atoms with van der Waals surface area (Å²) in [5.41, 5.74) is 1.22. The Morgan fingerprint density at radius 3 is 2.35 bits per heavy atom. The van der Waals surface area contributed by atoms with E-state index in [2.05, 4.69) is 19.2 Å². The van der Waals surface area contributed by atoms with Crippen LogP contribution in [0.2, 0.25) is 0 Å². The molecule has 0 bridgehead atoms. The van der Waals surface area contributed by atoms with Crippen LogP contribution < -0.4 is 5.32 Å². The number of aliphatic hydroxyl groups is 1. The highest BCUT2D eigenvalue weighted by Crippen LogP contribution is 2.11. The quantitative estimate of drug-likeness (QED) is 0.680. The van der Waals surface area contributed by atoms with Crippen molar-refractivity contribution in [3.63, 3.8) is 0 Å². The van der Waals surface area contributed by atoms with E-state index in [-0.39, 0.29) is 6.61 Å². The Bertz CT molecular complexity index is 311. The van der Waals surface area contributed by atoms with Gasteiger partial charge in [-0.2, -0.15) is 0 Å². The zero-order valence-electron chi connectivity index (χ0n) is 10.7. The minimum atomic E-state index is 0.262. The summed E-state index contributed by atoms with van der Waals surface area (Å²) in [7, 11) is 0. The van der Waals surface area contributed by atoms with Gasteiger partial charge in [-0.05, 0) is 50.8 Å². The van der Waals surface area contributed by atoms with Crippen LogP contribution in [0.1, 0.15) is 32.3 Å². The fourth-order valence-corrected chi connectivity index (χ4v) is 2.01. The summed E-state index contributed by atoms with van der Waals surface area (Å²) in [5, 5.41) is 21.5. The van der Waals surface area contributed by atoms with Crippen molar-refractivity contribution in [1.82, 2.24) is 5.32 Å². The van der Waals surface area contributed by atoms with Crippen molar-refractivity contribution in [2.75, 3.05) is 6.61 Å². The van der Waals surface area contributed by atoms with E-state index in [9.17, 15) is 5.11 Å². The zero-order valence-corrected chi connectivity index (χ0v) is 10.7. The van der Waals surface area contributed by atoms with E-state index >= 15 is 0 Å². The van der Waals surface area contributed by atoms with Gasteiger partial charge < -0.3 is 15.5 Å². The van der Waals surface area contributed by atoms with Crippen molar-refractivity contribution in [1.29, 1.82) is 0 Å². The smallest absolute Gasteiger partial charge is 0.115 e. The predicted octanol–water partition coefficient (Wildman–Crippen LogP) is 2.07. The summed E-state index contributed by atoms with van der Waals surface area (Å²) < 4.78 is 0. The highest BCUT2D eigenvalue weighted by Gasteiger charge is 2.07. The van der Waals surface area contributed by atoms with Gasteiger partial charge in [0.2, 0.25) is 0 Å². The van der Waals surface area contributed by atoms with Crippen LogP contribution in [0.5, 0.6) is 5.75 Å². The first-order valence-electron chi connectivity index (χ1n) is 6.26. The molecule has 0 aliphatic rings. The molecule has 3 N–H and O–H groups in total. The second kappa shape index (κ2) is 7.30. The van der Waals surface area contributed by atoms with Gasteiger partial charge in [0.05, 0.1) is 0 Å². The number of hydrogen-bond acceptors (Lipinski definition) is 3. The van der Waals surface area contributed by atoms with Crippen LogP contribution >= 0.6 is 0 Å². The van der Waals surface area contributed by atoms with Crippen LogP contribution in [-0.4, -0.2) is 28.9 Å². The molecule has 2 atom stereocenters. The largest absolute Gasteiger partial charge is 0.508 e. The number of aliphatic hydroxyl groups excluding tert-OH is 1. The Labute approximate surface area is 103 Å². The maximum absolute atomic E-state index is 9.19. The summed E-state index contributed by atoms with van der Waals surface area (Å²) in [6, 6.07) is 8.16. The molecule has 17 heavy (non-hydrogen) atoms. The average molecular weight is 237 g/mol. The zero-order chi connectivity index (χ0) is 12.7. The SMILES string of the molecule is CC(CCCO)NC(C)Cc1ccc(O)cc1. The van der Waals surface area contributed by atoms with Gasteiger partial charge in [0.25, 0.3) is 0 Å². The maximum atomic E-state index is 9.19. The molecule has 0 aromatic heterocycles. The van der Waals surface area contributed by atoms with E-state index in [1.807, 2.05) is 12.1 Å². The van der Waals surface area contributed by atoms with Gasteiger partial charge in [0, 0.05) is 18.7 Å². The molecule has 0 spiro atoms. The molecule has 0 saturated heterocycles. The second-order valence-electron chi connectivity index (χ2n) is 4.71. The number of nitrogens with one attached hydrogen (secondary N) is 1. The van der Waals surface area contributed by atoms with Crippen LogP contribution in [0.4, 0.5) is 0 Å². The number of phenols is 1. The lowest BCUT2D eigenvalue weighted by atomic mass is 10.1. The molecule has 1 aromatic carbocycles. The van der Waals surface area contributed by atoms with Gasteiger partial charge in [0.1, 0.15) is 5.75 Å². The minimum Gasteiger partial charge on any atom is -0.508 e. The van der Waals surface area contributed by atoms with Crippen molar-refractivity contribution in [2.24, 2.45) is 0 Å². The van der Waals surface area contributed by atoms with Crippen LogP contribution in [-0.2, 0) is 6.42 Å². The molecule has 0 fully saturated rings. The fourth-order valence-electron chi connectivity index (χ4n) is 2.01. The number of benzene rings is 1. The monoisotopic (exact) mass is 237 g/mol. The molecule has 1 rings (SSSR count). The second-order valence-corrected chi connectivity index (χ2v) is 4.71. The van der Waals surface area contributed by atoms with Gasteiger partial charge >= 0.3 is 0 Å². The summed E-state index contributed by atoms with van der Waals surface area (Å²) in [6.07, 6.45) is 2.79. The van der Waals surface area contributed by atoms with Crippen molar-refractivity contribution < 1.29 is 10.2 Å². The van der Waals surface area contributed by atoms with E-state index in [0.29, 0.717) is 17.8 Å². The van der Waals surface area contributed by atoms with E-state index in [4.69, 9.17) is 5.11 Å². The lowest BCUT2D eigenvalue weighted by Gasteiger charge is -2.19. The predicted molar refractivity (Wildman–Crippen MR) is 70.2 cm³/mol. The highest BCUT2D eigenvalue weighted by atomic mass is 16.3. The molecule has 0 saturated carbocycles. The molecule has 0 aliphatic carbocycles. The molecule has 2 unspecified atom stereocenters. The van der Waals surface area contributed by atoms with Gasteiger partial charge in [-0.25, -0.2) is 0 Å². The molecule has 0 amide bonds. The molecule has 0 heterocycles. The number of hydrogen-bond donors (Lipinski definition) is 3. The Balaban J connectivity index is 2.33. The van der Waals surface area contributed by atoms with E-state index in [1.165, 1.54) is 5.56 Å². The van der Waals surface area contributed by atoms with E-state index in [0.717, 1.165) is 19.3 Å². The maximum Gasteiger partial charge on any atom is 0.115 e. The number of rotatable bonds is 7. The van der Waals surface area contributed by atoms with Gasteiger partial charge in [-0.15, -0.1) is 0 Å². The van der Waals surface area contributed by atoms with Gasteiger partial charge in [-0.1, -0.05) is 12.1 Å². The third kappa shape index (κ3) is 5.71. The molecule has 3 heteroatoms. The normalized spacial score (nSPS) is 14.5. The molecule has 0 radical (unpaired) electrons. The van der Waals surface area contributed by atoms with Gasteiger partial charge in [-0.3, -0.25) is 0 Å². The summed E-state index contributed by atoms with van der Waals surface area (Å²) in [4.78, 5) is 0. The Kier molecular flexibility index (Phi) is 6.01. The lowest BCUT2D eigenvalue weighted by Crippen LogP contribution is -2.35. The Hall–Kier alpha value is -1.06. The summed E-state index contributed by atoms with van der Waals surface area (Å²) in [5.74, 6) is 0.311. The van der Waals surface area contributed by atoms with Crippen molar-refractivity contribution in [3.05, 3.63) is 29.8 Å². The third-order valence-corrected chi connectivity index (χ3v) is 2.84. The van der Waals surface area contributed by atoms with Crippen LogP contribution in [0.25, 0.3) is 0 Å². The number of phenolic OH excluding ortho intramolecular Hbond substituents is 1. The molecule has 0 aliphatic heterocycles. The van der Waals surface area contributed by atoms with Crippen LogP contribution in [0, 0.1) is 0 Å². The first-order chi connectivity index (χ1) is 8.11. The topological polar surface area (TPSA) is 52.5 Å². The Morgan fingerprint density at radius 1 is 1.12 bits per heavy atom. The van der Waals surface area contributed by atoms with E-state index in [1.54, 1.807) is 12.1 Å². The van der Waals surface area contributed by atoms with E-state index < -0.39 is 0 Å². The van der Waals surface area contributed by atoms with Crippen molar-refractivity contribution >= 4 is 0 Å². The summed E-state index contributed by atoms with van der Waals surface area (Å²) in [6.45, 7) is 4.56. The summed E-state index contributed by atoms with van der Waals surface area (Å²) >= 11 is 0. The van der Waals surface area contributed by atoms with Crippen molar-refractivity contribution in [2.45, 2.75) is 45.2 Å². The first-order valence-corrected chi connectivity index (χ1v) is 6.26. The minimum absolute atomic E-state index is 0.262. The molecule has 1 aromatic rings. The lowest BCUT2D eigenvalue weighted by molar-refractivity contribution is 0.274. The number of aromatic hydroxyl groups is 1. The molecular weight excluding hydrogens is 214 g/mol. The third-order valence-electron chi connectivity index (χ3n) is 2.84. The molecular formula is C14H23NO2. The standard InChI is InChI=1S/C14H23NO2/c1-11(4-3-9-16)15-12(2)10-13-5-7-14(17)8-6-13/h5-8,11-12,15-17H,3-4,9-10H2,1-2H3. The van der Waals surface area contributed by atoms with Crippen LogP contribution in [0.3, 0.4) is 0 Å². The fraction of sp³-hybridized carbons (Fsp3) is 0.571.